The van der Waals surface area contributed by atoms with Crippen molar-refractivity contribution in [2.75, 3.05) is 0 Å². The second kappa shape index (κ2) is 6.26. The van der Waals surface area contributed by atoms with Crippen LogP contribution in [0.1, 0.15) is 27.8 Å². The lowest BCUT2D eigenvalue weighted by Crippen LogP contribution is -2.04. The fraction of sp³-hybridized carbons (Fsp3) is 0.200. The van der Waals surface area contributed by atoms with Crippen LogP contribution in [0.4, 0.5) is 0 Å². The Hall–Kier alpha value is -2.64. The van der Waals surface area contributed by atoms with Gasteiger partial charge in [-0.05, 0) is 75.0 Å². The summed E-state index contributed by atoms with van der Waals surface area (Å²) in [6.45, 7) is 0.110. The maximum absolute atomic E-state index is 10.1. The van der Waals surface area contributed by atoms with E-state index in [4.69, 9.17) is 0 Å². The standard InChI is InChI=1S/C25H22O/c26-16-21-15-20-11-9-17-5-7-18(8-6-17)10-13-24(21)25-22-4-2-1-3-19(22)12-14-23(20)25/h1-8,12,14-15,26H,9-11,13,16H2. The normalized spacial score (nSPS) is 13.9. The van der Waals surface area contributed by atoms with Crippen LogP contribution in [-0.2, 0) is 32.3 Å². The van der Waals surface area contributed by atoms with Crippen molar-refractivity contribution in [1.29, 1.82) is 0 Å². The van der Waals surface area contributed by atoms with Crippen LogP contribution in [0, 0.1) is 0 Å². The van der Waals surface area contributed by atoms with Gasteiger partial charge in [-0.15, -0.1) is 0 Å². The number of aryl methyl sites for hydroxylation is 4. The van der Waals surface area contributed by atoms with Crippen molar-refractivity contribution >= 4 is 21.5 Å². The minimum Gasteiger partial charge on any atom is -0.392 e. The van der Waals surface area contributed by atoms with Crippen molar-refractivity contribution in [3.8, 4) is 0 Å². The number of hydrogen-bond acceptors (Lipinski definition) is 1. The van der Waals surface area contributed by atoms with Gasteiger partial charge >= 0.3 is 0 Å². The van der Waals surface area contributed by atoms with E-state index in [1.54, 1.807) is 0 Å². The second-order valence-electron chi connectivity index (χ2n) is 7.36. The van der Waals surface area contributed by atoms with Gasteiger partial charge in [-0.3, -0.25) is 0 Å². The molecule has 4 aromatic rings. The first-order valence-corrected chi connectivity index (χ1v) is 9.47. The Morgan fingerprint density at radius 2 is 1.42 bits per heavy atom. The Labute approximate surface area is 153 Å². The predicted molar refractivity (Wildman–Crippen MR) is 109 cm³/mol. The first-order chi connectivity index (χ1) is 12.8. The van der Waals surface area contributed by atoms with Crippen LogP contribution in [-0.4, -0.2) is 5.11 Å². The van der Waals surface area contributed by atoms with Gasteiger partial charge in [0.05, 0.1) is 6.61 Å². The lowest BCUT2D eigenvalue weighted by atomic mass is 9.86. The summed E-state index contributed by atoms with van der Waals surface area (Å²) in [7, 11) is 0. The molecule has 26 heavy (non-hydrogen) atoms. The number of aliphatic hydroxyl groups is 1. The van der Waals surface area contributed by atoms with Crippen LogP contribution in [0.5, 0.6) is 0 Å². The Bertz CT molecular complexity index is 1110. The van der Waals surface area contributed by atoms with Gasteiger partial charge in [0.1, 0.15) is 0 Å². The highest BCUT2D eigenvalue weighted by Crippen LogP contribution is 2.35. The molecule has 0 atom stereocenters. The summed E-state index contributed by atoms with van der Waals surface area (Å²) in [6, 6.07) is 24.5. The van der Waals surface area contributed by atoms with Crippen molar-refractivity contribution < 1.29 is 5.11 Å². The monoisotopic (exact) mass is 338 g/mol. The molecule has 0 heterocycles. The molecule has 0 unspecified atom stereocenters. The van der Waals surface area contributed by atoms with E-state index in [2.05, 4.69) is 66.7 Å². The summed E-state index contributed by atoms with van der Waals surface area (Å²) in [5, 5.41) is 15.4. The van der Waals surface area contributed by atoms with Gasteiger partial charge in [-0.1, -0.05) is 66.7 Å². The molecule has 128 valence electrons. The van der Waals surface area contributed by atoms with E-state index in [1.165, 1.54) is 43.8 Å². The SMILES string of the molecule is OCc1cc2c3ccc4ccccc4c3c1CCc1ccc(cc1)CC2. The van der Waals surface area contributed by atoms with Crippen LogP contribution in [0.3, 0.4) is 0 Å². The second-order valence-corrected chi connectivity index (χ2v) is 7.36. The van der Waals surface area contributed by atoms with Crippen LogP contribution >= 0.6 is 0 Å². The van der Waals surface area contributed by atoms with Crippen LogP contribution in [0.25, 0.3) is 21.5 Å². The highest BCUT2D eigenvalue weighted by Gasteiger charge is 2.15. The van der Waals surface area contributed by atoms with Crippen molar-refractivity contribution in [2.45, 2.75) is 32.3 Å². The van der Waals surface area contributed by atoms with E-state index in [0.717, 1.165) is 31.2 Å². The van der Waals surface area contributed by atoms with Gasteiger partial charge in [-0.25, -0.2) is 0 Å². The molecule has 0 spiro atoms. The Morgan fingerprint density at radius 1 is 0.692 bits per heavy atom. The molecular weight excluding hydrogens is 316 g/mol. The summed E-state index contributed by atoms with van der Waals surface area (Å²) < 4.78 is 0. The largest absolute Gasteiger partial charge is 0.392 e. The summed E-state index contributed by atoms with van der Waals surface area (Å²) in [5.74, 6) is 0. The molecule has 1 heteroatoms. The third-order valence-corrected chi connectivity index (χ3v) is 5.85. The Kier molecular flexibility index (Phi) is 3.76. The van der Waals surface area contributed by atoms with Gasteiger partial charge in [0.2, 0.25) is 0 Å². The molecule has 1 N–H and O–H groups in total. The van der Waals surface area contributed by atoms with Crippen LogP contribution in [0.15, 0.2) is 66.7 Å². The topological polar surface area (TPSA) is 20.2 Å². The molecule has 0 amide bonds. The van der Waals surface area contributed by atoms with E-state index in [0.29, 0.717) is 0 Å². The molecule has 4 aliphatic rings. The summed E-state index contributed by atoms with van der Waals surface area (Å²) in [4.78, 5) is 0. The molecular formula is C25H22O. The lowest BCUT2D eigenvalue weighted by molar-refractivity contribution is 0.280. The number of benzene rings is 4. The maximum Gasteiger partial charge on any atom is 0.0684 e. The van der Waals surface area contributed by atoms with Crippen LogP contribution in [0.2, 0.25) is 0 Å². The van der Waals surface area contributed by atoms with Gasteiger partial charge in [-0.2, -0.15) is 0 Å². The van der Waals surface area contributed by atoms with Crippen LogP contribution < -0.4 is 0 Å². The zero-order valence-corrected chi connectivity index (χ0v) is 14.8. The lowest BCUT2D eigenvalue weighted by Gasteiger charge is -2.19. The van der Waals surface area contributed by atoms with E-state index < -0.39 is 0 Å². The Morgan fingerprint density at radius 3 is 2.19 bits per heavy atom. The van der Waals surface area contributed by atoms with E-state index in [1.807, 2.05) is 0 Å². The molecule has 0 fully saturated rings. The van der Waals surface area contributed by atoms with Crippen molar-refractivity contribution in [3.63, 3.8) is 0 Å². The number of aliphatic hydroxyl groups excluding tert-OH is 1. The zero-order chi connectivity index (χ0) is 17.5. The third-order valence-electron chi connectivity index (χ3n) is 5.85. The molecule has 0 saturated carbocycles. The Balaban J connectivity index is 1.85. The zero-order valence-electron chi connectivity index (χ0n) is 14.8. The van der Waals surface area contributed by atoms with Crippen molar-refractivity contribution in [2.24, 2.45) is 0 Å². The van der Waals surface area contributed by atoms with Gasteiger partial charge in [0, 0.05) is 0 Å². The molecule has 4 bridgehead atoms. The molecule has 1 nitrogen and oxygen atoms in total. The third kappa shape index (κ3) is 2.51. The maximum atomic E-state index is 10.1. The van der Waals surface area contributed by atoms with E-state index >= 15 is 0 Å². The van der Waals surface area contributed by atoms with E-state index in [-0.39, 0.29) is 6.61 Å². The first-order valence-electron chi connectivity index (χ1n) is 9.47. The molecule has 0 aliphatic heterocycles. The highest BCUT2D eigenvalue weighted by atomic mass is 16.3. The average molecular weight is 338 g/mol. The number of hydrogen-bond donors (Lipinski definition) is 1. The van der Waals surface area contributed by atoms with E-state index in [9.17, 15) is 5.11 Å². The summed E-state index contributed by atoms with van der Waals surface area (Å²) >= 11 is 0. The quantitative estimate of drug-likeness (QED) is 0.463. The molecule has 8 rings (SSSR count). The predicted octanol–water partition coefficient (Wildman–Crippen LogP) is 5.37. The van der Waals surface area contributed by atoms with Crippen molar-refractivity contribution in [1.82, 2.24) is 0 Å². The highest BCUT2D eigenvalue weighted by molar-refractivity contribution is 6.10. The van der Waals surface area contributed by atoms with Gasteiger partial charge < -0.3 is 5.11 Å². The smallest absolute Gasteiger partial charge is 0.0684 e. The van der Waals surface area contributed by atoms with Gasteiger partial charge in [0.15, 0.2) is 0 Å². The molecule has 0 aromatic heterocycles. The molecule has 4 aliphatic carbocycles. The minimum atomic E-state index is 0.110. The molecule has 4 aromatic carbocycles. The molecule has 0 radical (unpaired) electrons. The summed E-state index contributed by atoms with van der Waals surface area (Å²) in [6.07, 6.45) is 4.00. The number of rotatable bonds is 1. The molecule has 0 saturated heterocycles. The minimum absolute atomic E-state index is 0.110. The van der Waals surface area contributed by atoms with Gasteiger partial charge in [0.25, 0.3) is 0 Å². The summed E-state index contributed by atoms with van der Waals surface area (Å²) in [5.41, 5.74) is 6.52. The first kappa shape index (κ1) is 15.6. The fourth-order valence-electron chi connectivity index (χ4n) is 4.45. The van der Waals surface area contributed by atoms with Crippen molar-refractivity contribution in [3.05, 3.63) is 94.5 Å². The number of fused-ring (bicyclic) bond motifs is 1. The fourth-order valence-corrected chi connectivity index (χ4v) is 4.45. The average Bonchev–Trinajstić information content (AvgIpc) is 2.69.